The molecule has 1 aliphatic rings. The van der Waals surface area contributed by atoms with Crippen LogP contribution in [0.25, 0.3) is 0 Å². The summed E-state index contributed by atoms with van der Waals surface area (Å²) in [6.07, 6.45) is 7.18. The number of aliphatic hydroxyl groups is 2. The minimum Gasteiger partial charge on any atom is -0.439 e. The first-order valence-corrected chi connectivity index (χ1v) is 14.0. The highest BCUT2D eigenvalue weighted by Crippen LogP contribution is 2.26. The van der Waals surface area contributed by atoms with Crippen LogP contribution in [0.2, 0.25) is 0 Å². The molecule has 1 heterocycles. The lowest BCUT2D eigenvalue weighted by atomic mass is 9.86. The maximum absolute atomic E-state index is 13.0. The van der Waals surface area contributed by atoms with Gasteiger partial charge in [-0.15, -0.1) is 0 Å². The van der Waals surface area contributed by atoms with Gasteiger partial charge in [-0.3, -0.25) is 0 Å². The van der Waals surface area contributed by atoms with Crippen LogP contribution < -0.4 is 0 Å². The van der Waals surface area contributed by atoms with E-state index in [9.17, 15) is 29.4 Å². The molecule has 1 aliphatic heterocycles. The summed E-state index contributed by atoms with van der Waals surface area (Å²) >= 11 is 0. The molecule has 0 aromatic rings. The maximum atomic E-state index is 13.0. The van der Waals surface area contributed by atoms with Gasteiger partial charge in [-0.1, -0.05) is 43.7 Å². The molecule has 1 saturated heterocycles. The van der Waals surface area contributed by atoms with E-state index >= 15 is 0 Å². The number of carbonyl (C=O) groups excluding carboxylic acids is 4. The van der Waals surface area contributed by atoms with Gasteiger partial charge in [-0.05, 0) is 45.7 Å². The normalized spacial score (nSPS) is 20.1. The highest BCUT2D eigenvalue weighted by Gasteiger charge is 2.35. The Morgan fingerprint density at radius 2 is 1.73 bits per heavy atom. The van der Waals surface area contributed by atoms with Crippen LogP contribution in [0.5, 0.6) is 0 Å². The van der Waals surface area contributed by atoms with Crippen molar-refractivity contribution in [3.05, 3.63) is 36.0 Å². The van der Waals surface area contributed by atoms with Crippen molar-refractivity contribution < 1.29 is 43.6 Å². The molecule has 6 atom stereocenters. The van der Waals surface area contributed by atoms with Gasteiger partial charge in [0.1, 0.15) is 24.8 Å². The van der Waals surface area contributed by atoms with E-state index in [1.54, 1.807) is 23.1 Å². The molecule has 0 aliphatic carbocycles. The molecule has 0 spiro atoms. The van der Waals surface area contributed by atoms with Crippen LogP contribution in [0.3, 0.4) is 0 Å². The van der Waals surface area contributed by atoms with Crippen molar-refractivity contribution in [2.45, 2.75) is 64.8 Å². The fourth-order valence-corrected chi connectivity index (χ4v) is 4.24. The Labute approximate surface area is 243 Å². The van der Waals surface area contributed by atoms with E-state index in [0.717, 1.165) is 11.9 Å². The number of likely N-dealkylation sites (N-methyl/N-ethyl adjacent to an activating group) is 1. The Morgan fingerprint density at radius 3 is 2.32 bits per heavy atom. The van der Waals surface area contributed by atoms with Crippen molar-refractivity contribution in [2.75, 3.05) is 46.9 Å². The molecule has 232 valence electrons. The Kier molecular flexibility index (Phi) is 16.2. The number of piperazine rings is 1. The number of aliphatic hydroxyl groups excluding tert-OH is 1. The number of hydrogen-bond acceptors (Lipinski definition) is 10. The zero-order chi connectivity index (χ0) is 31.0. The van der Waals surface area contributed by atoms with Crippen LogP contribution in [-0.2, 0) is 23.8 Å². The van der Waals surface area contributed by atoms with Crippen LogP contribution >= 0.6 is 0 Å². The Bertz CT molecular complexity index is 923. The lowest BCUT2D eigenvalue weighted by Gasteiger charge is -2.36. The number of amides is 1. The molecule has 1 amide bonds. The first kappa shape index (κ1) is 36.0. The van der Waals surface area contributed by atoms with Crippen molar-refractivity contribution >= 4 is 24.8 Å². The third-order valence-corrected chi connectivity index (χ3v) is 7.21. The predicted octanol–water partition coefficient (Wildman–Crippen LogP) is 3.15. The molecule has 41 heavy (non-hydrogen) atoms. The van der Waals surface area contributed by atoms with E-state index < -0.39 is 36.0 Å². The van der Waals surface area contributed by atoms with Gasteiger partial charge in [0, 0.05) is 44.4 Å². The zero-order valence-corrected chi connectivity index (χ0v) is 25.2. The highest BCUT2D eigenvalue weighted by atomic mass is 16.7. The van der Waals surface area contributed by atoms with Crippen LogP contribution in [0.15, 0.2) is 36.0 Å². The van der Waals surface area contributed by atoms with Gasteiger partial charge in [-0.2, -0.15) is 0 Å². The summed E-state index contributed by atoms with van der Waals surface area (Å²) in [4.78, 5) is 50.5. The predicted molar refractivity (Wildman–Crippen MR) is 154 cm³/mol. The number of ether oxygens (including phenoxy) is 3. The third kappa shape index (κ3) is 13.5. The molecule has 0 aromatic heterocycles. The molecule has 0 unspecified atom stereocenters. The molecular formula is C30H48N2O9. The molecule has 2 N–H and O–H groups in total. The lowest BCUT2D eigenvalue weighted by molar-refractivity contribution is -0.111. The second kappa shape index (κ2) is 18.4. The quantitative estimate of drug-likeness (QED) is 0.121. The van der Waals surface area contributed by atoms with E-state index in [0.29, 0.717) is 32.5 Å². The van der Waals surface area contributed by atoms with Crippen LogP contribution in [0.4, 0.5) is 9.59 Å². The third-order valence-electron chi connectivity index (χ3n) is 7.21. The average molecular weight is 581 g/mol. The summed E-state index contributed by atoms with van der Waals surface area (Å²) in [7, 11) is 3.21. The number of hydrogen-bond donors (Lipinski definition) is 2. The minimum absolute atomic E-state index is 0.0488. The van der Waals surface area contributed by atoms with Crippen LogP contribution in [0.1, 0.15) is 47.0 Å². The molecule has 1 rings (SSSR count). The minimum atomic E-state index is -1.53. The van der Waals surface area contributed by atoms with Gasteiger partial charge >= 0.3 is 12.2 Å². The van der Waals surface area contributed by atoms with Gasteiger partial charge in [0.25, 0.3) is 0 Å². The van der Waals surface area contributed by atoms with E-state index in [2.05, 4.69) is 9.64 Å². The van der Waals surface area contributed by atoms with E-state index in [1.807, 2.05) is 40.0 Å². The number of carbonyl (C=O) groups is 4. The summed E-state index contributed by atoms with van der Waals surface area (Å²) in [5.41, 5.74) is -0.737. The SMILES string of the molecule is COC(=O)OC[C@@H](C)/C=C/C=C(\C)[C@@H](C=O)[C@@H](C)/C=C/[C@H](OC(=O)N1CCN(C)CC1)[C@@](C)(O)CC[C@H](O)CC=O. The number of aldehydes is 2. The van der Waals surface area contributed by atoms with E-state index in [-0.39, 0.29) is 37.7 Å². The summed E-state index contributed by atoms with van der Waals surface area (Å²) in [5.74, 6) is -0.836. The second-order valence-corrected chi connectivity index (χ2v) is 11.0. The Hall–Kier alpha value is -3.02. The van der Waals surface area contributed by atoms with Crippen LogP contribution in [-0.4, -0.2) is 110 Å². The zero-order valence-electron chi connectivity index (χ0n) is 25.2. The molecule has 0 bridgehead atoms. The average Bonchev–Trinajstić information content (AvgIpc) is 2.93. The van der Waals surface area contributed by atoms with Crippen molar-refractivity contribution in [1.29, 1.82) is 0 Å². The lowest BCUT2D eigenvalue weighted by Crippen LogP contribution is -2.50. The van der Waals surface area contributed by atoms with Crippen molar-refractivity contribution in [3.8, 4) is 0 Å². The van der Waals surface area contributed by atoms with Gasteiger partial charge in [0.05, 0.1) is 13.2 Å². The maximum Gasteiger partial charge on any atom is 0.507 e. The van der Waals surface area contributed by atoms with Gasteiger partial charge in [0.2, 0.25) is 0 Å². The largest absolute Gasteiger partial charge is 0.507 e. The van der Waals surface area contributed by atoms with Crippen molar-refractivity contribution in [3.63, 3.8) is 0 Å². The summed E-state index contributed by atoms with van der Waals surface area (Å²) in [6.45, 7) is 9.66. The molecule has 0 aromatic carbocycles. The van der Waals surface area contributed by atoms with Crippen molar-refractivity contribution in [2.24, 2.45) is 17.8 Å². The molecule has 0 saturated carbocycles. The Morgan fingerprint density at radius 1 is 1.07 bits per heavy atom. The number of allylic oxidation sites excluding steroid dienone is 4. The molecule has 11 nitrogen and oxygen atoms in total. The highest BCUT2D eigenvalue weighted by molar-refractivity contribution is 5.68. The number of methoxy groups -OCH3 is 1. The smallest absolute Gasteiger partial charge is 0.439 e. The standard InChI is InChI=1S/C30H48N2O9/c1-22(21-40-29(37)39-6)8-7-9-23(2)26(20-34)24(3)10-11-27(30(4,38)14-12-25(35)13-19-33)41-28(36)32-17-15-31(5)16-18-32/h7-11,19-20,22,24-27,35,38H,12-18,21H2,1-6H3/b8-7+,11-10+,23-9+/t22-,24-,25-,26+,27-,30-/m0/s1. The first-order chi connectivity index (χ1) is 19.3. The fourth-order valence-electron chi connectivity index (χ4n) is 4.24. The molecule has 0 radical (unpaired) electrons. The first-order valence-electron chi connectivity index (χ1n) is 14.0. The monoisotopic (exact) mass is 580 g/mol. The fraction of sp³-hybridized carbons (Fsp3) is 0.667. The second-order valence-electron chi connectivity index (χ2n) is 11.0. The Balaban J connectivity index is 3.01. The van der Waals surface area contributed by atoms with Gasteiger partial charge in [-0.25, -0.2) is 9.59 Å². The summed E-state index contributed by atoms with van der Waals surface area (Å²) in [5, 5.41) is 21.3. The summed E-state index contributed by atoms with van der Waals surface area (Å²) in [6, 6.07) is 0. The van der Waals surface area contributed by atoms with Gasteiger partial charge in [0.15, 0.2) is 6.10 Å². The van der Waals surface area contributed by atoms with Crippen molar-refractivity contribution in [1.82, 2.24) is 9.80 Å². The van der Waals surface area contributed by atoms with Gasteiger partial charge < -0.3 is 43.8 Å². The molecular weight excluding hydrogens is 532 g/mol. The van der Waals surface area contributed by atoms with Crippen LogP contribution in [0, 0.1) is 17.8 Å². The summed E-state index contributed by atoms with van der Waals surface area (Å²) < 4.78 is 15.1. The van der Waals surface area contributed by atoms with E-state index in [1.165, 1.54) is 14.0 Å². The molecule has 11 heteroatoms. The number of rotatable bonds is 16. The number of nitrogens with zero attached hydrogens (tertiary/aromatic N) is 2. The molecule has 1 fully saturated rings. The van der Waals surface area contributed by atoms with E-state index in [4.69, 9.17) is 9.47 Å². The topological polar surface area (TPSA) is 143 Å².